The summed E-state index contributed by atoms with van der Waals surface area (Å²) in [5.41, 5.74) is 4.09. The first-order valence-electron chi connectivity index (χ1n) is 9.45. The predicted octanol–water partition coefficient (Wildman–Crippen LogP) is 5.72. The fourth-order valence-electron chi connectivity index (χ4n) is 3.36. The number of carbonyl (C=O) groups excluding carboxylic acids is 1. The Hall–Kier alpha value is -2.24. The highest BCUT2D eigenvalue weighted by molar-refractivity contribution is 8.13. The number of halogens is 1. The number of para-hydroxylation sites is 1. The molecule has 0 radical (unpaired) electrons. The van der Waals surface area contributed by atoms with Gasteiger partial charge in [0.05, 0.1) is 5.69 Å². The molecule has 28 heavy (non-hydrogen) atoms. The topological polar surface area (TPSA) is 48.5 Å². The molecule has 1 aliphatic rings. The second-order valence-corrected chi connectivity index (χ2v) is 8.40. The van der Waals surface area contributed by atoms with Gasteiger partial charge in [-0.1, -0.05) is 47.6 Å². The van der Waals surface area contributed by atoms with Crippen molar-refractivity contribution in [2.24, 2.45) is 4.99 Å². The SMILES string of the molecule is Cc1ccc(N=C2SCCCN2C(=O)CCc2c[nH]c3ccccc23)cc1Cl. The number of benzene rings is 2. The zero-order valence-electron chi connectivity index (χ0n) is 15.7. The van der Waals surface area contributed by atoms with Gasteiger partial charge in [-0.25, -0.2) is 4.99 Å². The standard InChI is InChI=1S/C22H22ClN3OS/c1-15-7-9-17(13-19(15)23)25-22-26(11-4-12-28-22)21(27)10-8-16-14-24-20-6-3-2-5-18(16)20/h2-3,5-7,9,13-14,24H,4,8,10-12H2,1H3. The summed E-state index contributed by atoms with van der Waals surface area (Å²) in [6.45, 7) is 2.69. The van der Waals surface area contributed by atoms with Gasteiger partial charge in [-0.05, 0) is 49.1 Å². The van der Waals surface area contributed by atoms with E-state index in [1.807, 2.05) is 48.4 Å². The van der Waals surface area contributed by atoms with Crippen molar-refractivity contribution in [2.45, 2.75) is 26.2 Å². The summed E-state index contributed by atoms with van der Waals surface area (Å²) < 4.78 is 0. The van der Waals surface area contributed by atoms with Crippen molar-refractivity contribution in [3.63, 3.8) is 0 Å². The molecule has 0 atom stereocenters. The van der Waals surface area contributed by atoms with Crippen molar-refractivity contribution < 1.29 is 4.79 Å². The Bertz CT molecular complexity index is 1040. The van der Waals surface area contributed by atoms with E-state index in [2.05, 4.69) is 17.1 Å². The molecule has 0 unspecified atom stereocenters. The minimum atomic E-state index is 0.120. The van der Waals surface area contributed by atoms with Gasteiger partial charge in [0.25, 0.3) is 0 Å². The van der Waals surface area contributed by atoms with Crippen LogP contribution < -0.4 is 0 Å². The Balaban J connectivity index is 1.49. The van der Waals surface area contributed by atoms with E-state index in [-0.39, 0.29) is 5.91 Å². The van der Waals surface area contributed by atoms with Gasteiger partial charge in [0.1, 0.15) is 0 Å². The lowest BCUT2D eigenvalue weighted by Gasteiger charge is -2.27. The van der Waals surface area contributed by atoms with E-state index in [9.17, 15) is 4.79 Å². The second kappa shape index (κ2) is 8.41. The van der Waals surface area contributed by atoms with Gasteiger partial charge in [0, 0.05) is 40.8 Å². The van der Waals surface area contributed by atoms with E-state index in [4.69, 9.17) is 16.6 Å². The van der Waals surface area contributed by atoms with E-state index in [0.717, 1.165) is 40.7 Å². The van der Waals surface area contributed by atoms with E-state index in [1.54, 1.807) is 11.8 Å². The minimum Gasteiger partial charge on any atom is -0.361 e. The highest BCUT2D eigenvalue weighted by Crippen LogP contribution is 2.27. The number of hydrogen-bond acceptors (Lipinski definition) is 3. The van der Waals surface area contributed by atoms with Crippen LogP contribution in [0, 0.1) is 6.92 Å². The molecule has 144 valence electrons. The zero-order chi connectivity index (χ0) is 19.5. The fourth-order valence-corrected chi connectivity index (χ4v) is 4.51. The number of aromatic amines is 1. The van der Waals surface area contributed by atoms with Gasteiger partial charge < -0.3 is 4.98 Å². The average Bonchev–Trinajstić information content (AvgIpc) is 3.12. The largest absolute Gasteiger partial charge is 0.361 e. The Morgan fingerprint density at radius 3 is 3.00 bits per heavy atom. The van der Waals surface area contributed by atoms with E-state index in [0.29, 0.717) is 17.9 Å². The van der Waals surface area contributed by atoms with Crippen molar-refractivity contribution in [2.75, 3.05) is 12.3 Å². The molecule has 2 heterocycles. The maximum atomic E-state index is 12.9. The van der Waals surface area contributed by atoms with Crippen LogP contribution in [0.2, 0.25) is 5.02 Å². The van der Waals surface area contributed by atoms with E-state index < -0.39 is 0 Å². The van der Waals surface area contributed by atoms with Crippen LogP contribution in [0.5, 0.6) is 0 Å². The molecule has 2 aromatic carbocycles. The normalized spacial score (nSPS) is 16.1. The molecule has 0 spiro atoms. The summed E-state index contributed by atoms with van der Waals surface area (Å²) in [5.74, 6) is 1.10. The number of hydrogen-bond donors (Lipinski definition) is 1. The smallest absolute Gasteiger partial charge is 0.228 e. The molecule has 4 rings (SSSR count). The molecular formula is C22H22ClN3OS. The van der Waals surface area contributed by atoms with Gasteiger partial charge in [-0.3, -0.25) is 9.69 Å². The Morgan fingerprint density at radius 1 is 1.29 bits per heavy atom. The highest BCUT2D eigenvalue weighted by Gasteiger charge is 2.23. The van der Waals surface area contributed by atoms with Crippen LogP contribution in [0.3, 0.4) is 0 Å². The number of aliphatic imine (C=N–C) groups is 1. The molecule has 0 aliphatic carbocycles. The van der Waals surface area contributed by atoms with Gasteiger partial charge in [0.15, 0.2) is 5.17 Å². The first-order valence-corrected chi connectivity index (χ1v) is 10.8. The summed E-state index contributed by atoms with van der Waals surface area (Å²) in [6.07, 6.45) is 4.17. The number of thioether (sulfide) groups is 1. The van der Waals surface area contributed by atoms with E-state index in [1.165, 1.54) is 10.9 Å². The lowest BCUT2D eigenvalue weighted by atomic mass is 10.1. The van der Waals surface area contributed by atoms with Crippen LogP contribution in [0.25, 0.3) is 10.9 Å². The molecule has 1 aromatic heterocycles. The number of nitrogens with one attached hydrogen (secondary N) is 1. The number of amides is 1. The van der Waals surface area contributed by atoms with Gasteiger partial charge in [0.2, 0.25) is 5.91 Å². The lowest BCUT2D eigenvalue weighted by molar-refractivity contribution is -0.127. The molecule has 0 saturated carbocycles. The van der Waals surface area contributed by atoms with Crippen LogP contribution in [-0.2, 0) is 11.2 Å². The van der Waals surface area contributed by atoms with Crippen molar-refractivity contribution in [1.29, 1.82) is 0 Å². The molecular weight excluding hydrogens is 390 g/mol. The summed E-state index contributed by atoms with van der Waals surface area (Å²) >= 11 is 7.86. The number of rotatable bonds is 4. The third-order valence-electron chi connectivity index (χ3n) is 4.95. The Kier molecular flexibility index (Phi) is 5.74. The van der Waals surface area contributed by atoms with Gasteiger partial charge in [-0.2, -0.15) is 0 Å². The number of fused-ring (bicyclic) bond motifs is 1. The maximum absolute atomic E-state index is 12.9. The van der Waals surface area contributed by atoms with Crippen LogP contribution in [-0.4, -0.2) is 33.3 Å². The average molecular weight is 412 g/mol. The van der Waals surface area contributed by atoms with Gasteiger partial charge >= 0.3 is 0 Å². The molecule has 1 N–H and O–H groups in total. The van der Waals surface area contributed by atoms with Crippen molar-refractivity contribution >= 4 is 51.0 Å². The molecule has 1 amide bonds. The number of aryl methyl sites for hydroxylation is 2. The molecule has 0 bridgehead atoms. The summed E-state index contributed by atoms with van der Waals surface area (Å²) in [5, 5.41) is 2.65. The van der Waals surface area contributed by atoms with Crippen molar-refractivity contribution in [1.82, 2.24) is 9.88 Å². The third kappa shape index (κ3) is 4.10. The first kappa shape index (κ1) is 19.1. The number of aromatic nitrogens is 1. The van der Waals surface area contributed by atoms with Crippen molar-refractivity contribution in [3.05, 3.63) is 64.8 Å². The number of nitrogens with zero attached hydrogens (tertiary/aromatic N) is 2. The quantitative estimate of drug-likeness (QED) is 0.597. The maximum Gasteiger partial charge on any atom is 0.228 e. The third-order valence-corrected chi connectivity index (χ3v) is 6.42. The fraction of sp³-hybridized carbons (Fsp3) is 0.273. The number of amidine groups is 1. The second-order valence-electron chi connectivity index (χ2n) is 6.93. The highest BCUT2D eigenvalue weighted by atomic mass is 35.5. The lowest BCUT2D eigenvalue weighted by Crippen LogP contribution is -2.39. The summed E-state index contributed by atoms with van der Waals surface area (Å²) in [4.78, 5) is 22.8. The van der Waals surface area contributed by atoms with Crippen LogP contribution in [0.1, 0.15) is 24.0 Å². The van der Waals surface area contributed by atoms with Gasteiger partial charge in [-0.15, -0.1) is 0 Å². The monoisotopic (exact) mass is 411 g/mol. The Labute approximate surface area is 174 Å². The van der Waals surface area contributed by atoms with Crippen molar-refractivity contribution in [3.8, 4) is 0 Å². The molecule has 6 heteroatoms. The molecule has 4 nitrogen and oxygen atoms in total. The summed E-state index contributed by atoms with van der Waals surface area (Å²) in [7, 11) is 0. The van der Waals surface area contributed by atoms with Crippen LogP contribution in [0.15, 0.2) is 53.7 Å². The number of H-pyrrole nitrogens is 1. The molecule has 1 aliphatic heterocycles. The van der Waals surface area contributed by atoms with Crippen LogP contribution >= 0.6 is 23.4 Å². The first-order chi connectivity index (χ1) is 13.6. The molecule has 1 saturated heterocycles. The zero-order valence-corrected chi connectivity index (χ0v) is 17.3. The van der Waals surface area contributed by atoms with Crippen LogP contribution in [0.4, 0.5) is 5.69 Å². The molecule has 1 fully saturated rings. The number of carbonyl (C=O) groups is 1. The predicted molar refractivity (Wildman–Crippen MR) is 119 cm³/mol. The molecule has 3 aromatic rings. The summed E-state index contributed by atoms with van der Waals surface area (Å²) in [6, 6.07) is 13.9. The van der Waals surface area contributed by atoms with E-state index >= 15 is 0 Å². The Morgan fingerprint density at radius 2 is 2.14 bits per heavy atom. The minimum absolute atomic E-state index is 0.120.